The Hall–Kier alpha value is -2.88. The fraction of sp³-hybridized carbons (Fsp3) is 0.520. The topological polar surface area (TPSA) is 91.8 Å². The van der Waals surface area contributed by atoms with E-state index in [9.17, 15) is 17.6 Å². The Bertz CT molecular complexity index is 1150. The Morgan fingerprint density at radius 1 is 1.20 bits per heavy atom. The zero-order valence-corrected chi connectivity index (χ0v) is 22.0. The molecule has 1 aliphatic rings. The van der Waals surface area contributed by atoms with Gasteiger partial charge < -0.3 is 14.5 Å². The molecule has 1 aromatic heterocycles. The number of amides is 1. The first-order valence-corrected chi connectivity index (χ1v) is 13.2. The number of aromatic nitrogens is 1. The maximum Gasteiger partial charge on any atom is 0.410 e. The van der Waals surface area contributed by atoms with Crippen LogP contribution < -0.4 is 9.62 Å². The van der Waals surface area contributed by atoms with Crippen molar-refractivity contribution in [2.24, 2.45) is 0 Å². The second-order valence-corrected chi connectivity index (χ2v) is 11.7. The molecule has 1 aromatic carbocycles. The highest BCUT2D eigenvalue weighted by molar-refractivity contribution is 7.92. The van der Waals surface area contributed by atoms with Crippen LogP contribution in [0.15, 0.2) is 41.3 Å². The molecule has 3 rings (SSSR count). The number of hydrogen-bond acceptors (Lipinski definition) is 6. The van der Waals surface area contributed by atoms with E-state index in [0.29, 0.717) is 36.8 Å². The summed E-state index contributed by atoms with van der Waals surface area (Å²) in [6.07, 6.45) is -0.328. The highest BCUT2D eigenvalue weighted by Crippen LogP contribution is 2.25. The maximum atomic E-state index is 12.9. The van der Waals surface area contributed by atoms with E-state index in [-0.39, 0.29) is 22.9 Å². The lowest BCUT2D eigenvalue weighted by atomic mass is 10.0. The largest absolute Gasteiger partial charge is 0.444 e. The van der Waals surface area contributed by atoms with Crippen molar-refractivity contribution in [1.29, 1.82) is 0 Å². The molecule has 0 radical (unpaired) electrons. The molecule has 1 saturated heterocycles. The lowest BCUT2D eigenvalue weighted by Crippen LogP contribution is -2.55. The average molecular weight is 507 g/mol. The van der Waals surface area contributed by atoms with Crippen molar-refractivity contribution in [3.63, 3.8) is 0 Å². The summed E-state index contributed by atoms with van der Waals surface area (Å²) in [5.41, 5.74) is 1.12. The lowest BCUT2D eigenvalue weighted by Gasteiger charge is -2.40. The summed E-state index contributed by atoms with van der Waals surface area (Å²) < 4.78 is 46.7. The third-order valence-electron chi connectivity index (χ3n) is 5.89. The van der Waals surface area contributed by atoms with Crippen LogP contribution in [0.2, 0.25) is 0 Å². The van der Waals surface area contributed by atoms with E-state index in [1.54, 1.807) is 43.0 Å². The highest BCUT2D eigenvalue weighted by Gasteiger charge is 2.31. The number of pyridine rings is 1. The number of carbonyl (C=O) groups excluding carboxylic acids is 1. The standard InChI is InChI=1S/C25H35FN4O4S/c1-17(15-26)20-7-9-21(10-8-20)35(32,33)28-22-11-12-23(27-19(22)3)29-13-14-30(18(2)16-29)24(31)34-25(4,5)6/h7-12,17-18,28H,13-16H2,1-6H3/t17-,18-/m1/s1. The number of carbonyl (C=O) groups is 1. The van der Waals surface area contributed by atoms with Crippen LogP contribution in [0.25, 0.3) is 0 Å². The molecule has 1 amide bonds. The molecule has 8 nitrogen and oxygen atoms in total. The number of nitrogens with zero attached hydrogens (tertiary/aromatic N) is 3. The Labute approximate surface area is 207 Å². The van der Waals surface area contributed by atoms with Crippen molar-refractivity contribution < 1.29 is 22.3 Å². The van der Waals surface area contributed by atoms with Gasteiger partial charge in [-0.1, -0.05) is 19.1 Å². The average Bonchev–Trinajstić information content (AvgIpc) is 2.78. The van der Waals surface area contributed by atoms with Gasteiger partial charge in [-0.3, -0.25) is 9.11 Å². The summed E-state index contributed by atoms with van der Waals surface area (Å²) in [5.74, 6) is 0.429. The van der Waals surface area contributed by atoms with E-state index in [0.717, 1.165) is 5.56 Å². The summed E-state index contributed by atoms with van der Waals surface area (Å²) in [7, 11) is -3.82. The van der Waals surface area contributed by atoms with Gasteiger partial charge in [0.05, 0.1) is 23.0 Å². The SMILES string of the molecule is Cc1nc(N2CCN(C(=O)OC(C)(C)C)[C@H](C)C2)ccc1NS(=O)(=O)c1ccc([C@H](C)CF)cc1. The monoisotopic (exact) mass is 506 g/mol. The molecule has 2 aromatic rings. The van der Waals surface area contributed by atoms with Crippen LogP contribution in [-0.4, -0.2) is 62.3 Å². The van der Waals surface area contributed by atoms with Gasteiger partial charge in [0.25, 0.3) is 10.0 Å². The first kappa shape index (κ1) is 26.7. The van der Waals surface area contributed by atoms with E-state index in [2.05, 4.69) is 14.6 Å². The van der Waals surface area contributed by atoms with Gasteiger partial charge >= 0.3 is 6.09 Å². The van der Waals surface area contributed by atoms with E-state index >= 15 is 0 Å². The van der Waals surface area contributed by atoms with Crippen molar-refractivity contribution in [2.75, 3.05) is 35.9 Å². The van der Waals surface area contributed by atoms with Crippen LogP contribution in [0.5, 0.6) is 0 Å². The third kappa shape index (κ3) is 6.62. The van der Waals surface area contributed by atoms with Crippen molar-refractivity contribution in [3.8, 4) is 0 Å². The fourth-order valence-electron chi connectivity index (χ4n) is 3.86. The molecule has 1 N–H and O–H groups in total. The Balaban J connectivity index is 1.68. The molecule has 1 fully saturated rings. The number of halogens is 1. The quantitative estimate of drug-likeness (QED) is 0.610. The summed E-state index contributed by atoms with van der Waals surface area (Å²) in [5, 5.41) is 0. The number of sulfonamides is 1. The van der Waals surface area contributed by atoms with Crippen LogP contribution in [0.1, 0.15) is 51.8 Å². The maximum absolute atomic E-state index is 12.9. The first-order chi connectivity index (χ1) is 16.3. The van der Waals surface area contributed by atoms with Crippen molar-refractivity contribution in [3.05, 3.63) is 47.7 Å². The van der Waals surface area contributed by atoms with Gasteiger partial charge in [0.2, 0.25) is 0 Å². The molecule has 2 atom stereocenters. The zero-order chi connectivity index (χ0) is 26.0. The Kier molecular flexibility index (Phi) is 7.93. The summed E-state index contributed by atoms with van der Waals surface area (Å²) in [6.45, 7) is 12.2. The molecule has 35 heavy (non-hydrogen) atoms. The molecule has 10 heteroatoms. The van der Waals surface area contributed by atoms with Crippen molar-refractivity contribution >= 4 is 27.6 Å². The molecule has 0 saturated carbocycles. The molecular weight excluding hydrogens is 471 g/mol. The summed E-state index contributed by atoms with van der Waals surface area (Å²) in [6, 6.07) is 9.61. The van der Waals surface area contributed by atoms with Crippen LogP contribution in [0, 0.1) is 6.92 Å². The minimum atomic E-state index is -3.82. The fourth-order valence-corrected chi connectivity index (χ4v) is 4.98. The van der Waals surface area contributed by atoms with Gasteiger partial charge in [0, 0.05) is 31.6 Å². The van der Waals surface area contributed by atoms with Crippen LogP contribution in [0.3, 0.4) is 0 Å². The highest BCUT2D eigenvalue weighted by atomic mass is 32.2. The van der Waals surface area contributed by atoms with Crippen LogP contribution in [0.4, 0.5) is 20.7 Å². The number of hydrogen-bond donors (Lipinski definition) is 1. The summed E-state index contributed by atoms with van der Waals surface area (Å²) >= 11 is 0. The molecule has 0 unspecified atom stereocenters. The number of piperazine rings is 1. The predicted octanol–water partition coefficient (Wildman–Crippen LogP) is 4.71. The normalized spacial score (nSPS) is 17.7. The minimum Gasteiger partial charge on any atom is -0.444 e. The van der Waals surface area contributed by atoms with Crippen molar-refractivity contribution in [1.82, 2.24) is 9.88 Å². The second kappa shape index (κ2) is 10.4. The molecule has 0 bridgehead atoms. The van der Waals surface area contributed by atoms with Crippen LogP contribution in [-0.2, 0) is 14.8 Å². The van der Waals surface area contributed by atoms with Gasteiger partial charge in [-0.15, -0.1) is 0 Å². The van der Waals surface area contributed by atoms with Gasteiger partial charge in [0.15, 0.2) is 0 Å². The van der Waals surface area contributed by atoms with Gasteiger partial charge in [-0.05, 0) is 64.4 Å². The number of alkyl halides is 1. The number of benzene rings is 1. The Morgan fingerprint density at radius 2 is 1.86 bits per heavy atom. The first-order valence-electron chi connectivity index (χ1n) is 11.7. The number of anilines is 2. The third-order valence-corrected chi connectivity index (χ3v) is 7.27. The summed E-state index contributed by atoms with van der Waals surface area (Å²) in [4.78, 5) is 21.0. The molecule has 2 heterocycles. The smallest absolute Gasteiger partial charge is 0.410 e. The molecule has 0 spiro atoms. The van der Waals surface area contributed by atoms with E-state index in [1.165, 1.54) is 12.1 Å². The van der Waals surface area contributed by atoms with Crippen molar-refractivity contribution in [2.45, 2.75) is 64.0 Å². The van der Waals surface area contributed by atoms with Gasteiger partial charge in [-0.25, -0.2) is 18.2 Å². The van der Waals surface area contributed by atoms with Gasteiger partial charge in [0.1, 0.15) is 11.4 Å². The van der Waals surface area contributed by atoms with E-state index < -0.39 is 22.3 Å². The minimum absolute atomic E-state index is 0.0676. The molecule has 192 valence electrons. The van der Waals surface area contributed by atoms with Gasteiger partial charge in [-0.2, -0.15) is 0 Å². The predicted molar refractivity (Wildman–Crippen MR) is 135 cm³/mol. The van der Waals surface area contributed by atoms with Crippen LogP contribution >= 0.6 is 0 Å². The van der Waals surface area contributed by atoms with E-state index in [1.807, 2.05) is 27.7 Å². The number of ether oxygens (including phenoxy) is 1. The second-order valence-electron chi connectivity index (χ2n) is 10.0. The number of aryl methyl sites for hydroxylation is 1. The zero-order valence-electron chi connectivity index (χ0n) is 21.2. The Morgan fingerprint density at radius 3 is 2.40 bits per heavy atom. The molecule has 0 aliphatic carbocycles. The molecular formula is C25H35FN4O4S. The molecule has 1 aliphatic heterocycles. The number of rotatable bonds is 6. The van der Waals surface area contributed by atoms with E-state index in [4.69, 9.17) is 4.74 Å². The lowest BCUT2D eigenvalue weighted by molar-refractivity contribution is 0.0158. The number of nitrogens with one attached hydrogen (secondary N) is 1.